The molecule has 1 aliphatic rings. The first-order chi connectivity index (χ1) is 14.5. The van der Waals surface area contributed by atoms with E-state index in [1.807, 2.05) is 0 Å². The fourth-order valence-corrected chi connectivity index (χ4v) is 4.33. The SMILES string of the molecule is CCCCCCCCCCCCCCCCCCOP(=O)(O)O.NC1CCCCC1. The number of phosphoric acid groups is 1. The van der Waals surface area contributed by atoms with E-state index < -0.39 is 7.82 Å². The summed E-state index contributed by atoms with van der Waals surface area (Å²) in [6.45, 7) is 2.43. The Morgan fingerprint density at radius 1 is 0.700 bits per heavy atom. The van der Waals surface area contributed by atoms with Gasteiger partial charge in [0.25, 0.3) is 0 Å². The van der Waals surface area contributed by atoms with Crippen molar-refractivity contribution in [1.29, 1.82) is 0 Å². The van der Waals surface area contributed by atoms with Gasteiger partial charge in [-0.15, -0.1) is 0 Å². The Balaban J connectivity index is 0.000001000. The Morgan fingerprint density at radius 2 is 1.07 bits per heavy atom. The zero-order chi connectivity index (χ0) is 22.3. The molecular formula is C24H52NO4P. The minimum absolute atomic E-state index is 0.169. The van der Waals surface area contributed by atoms with E-state index in [0.29, 0.717) is 6.04 Å². The highest BCUT2D eigenvalue weighted by Gasteiger charge is 2.12. The van der Waals surface area contributed by atoms with Crippen molar-refractivity contribution < 1.29 is 18.9 Å². The molecule has 0 aromatic rings. The van der Waals surface area contributed by atoms with Gasteiger partial charge < -0.3 is 15.5 Å². The molecule has 1 fully saturated rings. The highest BCUT2D eigenvalue weighted by molar-refractivity contribution is 7.46. The Bertz CT molecular complexity index is 383. The summed E-state index contributed by atoms with van der Waals surface area (Å²) in [4.78, 5) is 17.1. The molecule has 5 nitrogen and oxygen atoms in total. The Hall–Kier alpha value is 0.0700. The van der Waals surface area contributed by atoms with Crippen LogP contribution >= 0.6 is 7.82 Å². The summed E-state index contributed by atoms with van der Waals surface area (Å²) in [7, 11) is -4.26. The molecule has 0 radical (unpaired) electrons. The van der Waals surface area contributed by atoms with Crippen LogP contribution < -0.4 is 5.73 Å². The lowest BCUT2D eigenvalue weighted by Crippen LogP contribution is -2.22. The molecule has 1 aliphatic carbocycles. The van der Waals surface area contributed by atoms with Crippen LogP contribution in [0, 0.1) is 0 Å². The van der Waals surface area contributed by atoms with Gasteiger partial charge in [-0.1, -0.05) is 122 Å². The maximum Gasteiger partial charge on any atom is 0.469 e. The molecule has 0 aliphatic heterocycles. The third-order valence-corrected chi connectivity index (χ3v) is 6.43. The molecule has 0 aromatic heterocycles. The first-order valence-electron chi connectivity index (χ1n) is 12.9. The predicted molar refractivity (Wildman–Crippen MR) is 129 cm³/mol. The average molecular weight is 450 g/mol. The van der Waals surface area contributed by atoms with Crippen LogP contribution in [0.2, 0.25) is 0 Å². The Morgan fingerprint density at radius 3 is 1.37 bits per heavy atom. The second-order valence-corrected chi connectivity index (χ2v) is 10.3. The van der Waals surface area contributed by atoms with Crippen LogP contribution in [0.3, 0.4) is 0 Å². The number of rotatable bonds is 18. The van der Waals surface area contributed by atoms with Gasteiger partial charge in [0.1, 0.15) is 0 Å². The molecule has 0 atom stereocenters. The van der Waals surface area contributed by atoms with E-state index in [1.54, 1.807) is 0 Å². The van der Waals surface area contributed by atoms with Crippen LogP contribution in [-0.4, -0.2) is 22.4 Å². The van der Waals surface area contributed by atoms with Crippen LogP contribution in [-0.2, 0) is 9.09 Å². The second-order valence-electron chi connectivity index (χ2n) is 9.03. The van der Waals surface area contributed by atoms with Gasteiger partial charge in [-0.25, -0.2) is 4.57 Å². The van der Waals surface area contributed by atoms with Gasteiger partial charge in [-0.05, 0) is 19.3 Å². The summed E-state index contributed by atoms with van der Waals surface area (Å²) in [5.74, 6) is 0. The molecule has 30 heavy (non-hydrogen) atoms. The zero-order valence-corrected chi connectivity index (χ0v) is 20.8. The summed E-state index contributed by atoms with van der Waals surface area (Å²) < 4.78 is 14.9. The van der Waals surface area contributed by atoms with Crippen LogP contribution in [0.4, 0.5) is 0 Å². The maximum atomic E-state index is 10.5. The van der Waals surface area contributed by atoms with Crippen LogP contribution in [0.15, 0.2) is 0 Å². The van der Waals surface area contributed by atoms with E-state index in [4.69, 9.17) is 15.5 Å². The third kappa shape index (κ3) is 26.1. The first-order valence-corrected chi connectivity index (χ1v) is 14.4. The molecular weight excluding hydrogens is 397 g/mol. The molecule has 0 bridgehead atoms. The Labute approximate surface area is 187 Å². The van der Waals surface area contributed by atoms with Gasteiger partial charge in [-0.2, -0.15) is 0 Å². The summed E-state index contributed by atoms with van der Waals surface area (Å²) in [6, 6.07) is 0.536. The number of phosphoric ester groups is 1. The molecule has 0 spiro atoms. The van der Waals surface area contributed by atoms with Crippen molar-refractivity contribution in [2.45, 2.75) is 148 Å². The van der Waals surface area contributed by atoms with Crippen LogP contribution in [0.5, 0.6) is 0 Å². The van der Waals surface area contributed by atoms with Crippen molar-refractivity contribution in [3.8, 4) is 0 Å². The number of unbranched alkanes of at least 4 members (excludes halogenated alkanes) is 15. The van der Waals surface area contributed by atoms with Crippen molar-refractivity contribution in [1.82, 2.24) is 0 Å². The lowest BCUT2D eigenvalue weighted by Gasteiger charge is -2.15. The van der Waals surface area contributed by atoms with Crippen molar-refractivity contribution in [3.63, 3.8) is 0 Å². The molecule has 4 N–H and O–H groups in total. The fraction of sp³-hybridized carbons (Fsp3) is 1.00. The molecule has 0 saturated heterocycles. The second kappa shape index (κ2) is 22.3. The van der Waals surface area contributed by atoms with Crippen molar-refractivity contribution in [3.05, 3.63) is 0 Å². The van der Waals surface area contributed by atoms with E-state index in [1.165, 1.54) is 116 Å². The third-order valence-electron chi connectivity index (χ3n) is 5.91. The minimum atomic E-state index is -4.26. The summed E-state index contributed by atoms with van der Waals surface area (Å²) in [5, 5.41) is 0. The maximum absolute atomic E-state index is 10.5. The molecule has 0 unspecified atom stereocenters. The molecule has 0 amide bonds. The van der Waals surface area contributed by atoms with Crippen LogP contribution in [0.1, 0.15) is 142 Å². The van der Waals surface area contributed by atoms with Crippen molar-refractivity contribution in [2.24, 2.45) is 5.73 Å². The predicted octanol–water partition coefficient (Wildman–Crippen LogP) is 7.64. The summed E-state index contributed by atoms with van der Waals surface area (Å²) in [5.41, 5.74) is 5.63. The molecule has 182 valence electrons. The highest BCUT2D eigenvalue weighted by Crippen LogP contribution is 2.35. The number of hydrogen-bond acceptors (Lipinski definition) is 3. The van der Waals surface area contributed by atoms with Gasteiger partial charge >= 0.3 is 7.82 Å². The highest BCUT2D eigenvalue weighted by atomic mass is 31.2. The molecule has 6 heteroatoms. The molecule has 1 rings (SSSR count). The topological polar surface area (TPSA) is 92.8 Å². The standard InChI is InChI=1S/C18H39O4P.C6H13N/c1-2-3-4-5-6-7-8-9-10-11-12-13-14-15-16-17-18-22-23(19,20)21;7-6-4-2-1-3-5-6/h2-18H2,1H3,(H2,19,20,21);6H,1-5,7H2. The molecule has 1 saturated carbocycles. The van der Waals surface area contributed by atoms with Gasteiger partial charge in [0.2, 0.25) is 0 Å². The quantitative estimate of drug-likeness (QED) is 0.148. The van der Waals surface area contributed by atoms with Gasteiger partial charge in [-0.3, -0.25) is 4.52 Å². The van der Waals surface area contributed by atoms with Crippen LogP contribution in [0.25, 0.3) is 0 Å². The van der Waals surface area contributed by atoms with E-state index >= 15 is 0 Å². The monoisotopic (exact) mass is 449 g/mol. The molecule has 0 aromatic carbocycles. The fourth-order valence-electron chi connectivity index (χ4n) is 3.97. The summed E-state index contributed by atoms with van der Waals surface area (Å²) >= 11 is 0. The lowest BCUT2D eigenvalue weighted by atomic mass is 9.97. The Kier molecular flexibility index (Phi) is 22.3. The van der Waals surface area contributed by atoms with E-state index in [-0.39, 0.29) is 6.61 Å². The van der Waals surface area contributed by atoms with E-state index in [9.17, 15) is 4.57 Å². The summed E-state index contributed by atoms with van der Waals surface area (Å²) in [6.07, 6.45) is 27.3. The normalized spacial score (nSPS) is 15.1. The number of hydrogen-bond donors (Lipinski definition) is 3. The molecule has 0 heterocycles. The number of nitrogens with two attached hydrogens (primary N) is 1. The van der Waals surface area contributed by atoms with Crippen molar-refractivity contribution >= 4 is 7.82 Å². The van der Waals surface area contributed by atoms with E-state index in [2.05, 4.69) is 11.4 Å². The average Bonchev–Trinajstić information content (AvgIpc) is 2.70. The van der Waals surface area contributed by atoms with Gasteiger partial charge in [0.15, 0.2) is 0 Å². The lowest BCUT2D eigenvalue weighted by molar-refractivity contribution is 0.193. The smallest absolute Gasteiger partial charge is 0.328 e. The first kappa shape index (κ1) is 30.1. The van der Waals surface area contributed by atoms with Gasteiger partial charge in [0.05, 0.1) is 6.61 Å². The van der Waals surface area contributed by atoms with Crippen molar-refractivity contribution in [2.75, 3.05) is 6.61 Å². The largest absolute Gasteiger partial charge is 0.469 e. The minimum Gasteiger partial charge on any atom is -0.328 e. The van der Waals surface area contributed by atoms with Gasteiger partial charge in [0, 0.05) is 6.04 Å². The zero-order valence-electron chi connectivity index (χ0n) is 19.9. The van der Waals surface area contributed by atoms with E-state index in [0.717, 1.165) is 19.3 Å².